The number of likely N-dealkylation sites (tertiary alicyclic amines) is 1. The van der Waals surface area contributed by atoms with Crippen molar-refractivity contribution in [3.63, 3.8) is 0 Å². The number of thiocarbonyl (C=S) groups is 1. The van der Waals surface area contributed by atoms with E-state index in [0.717, 1.165) is 33.9 Å². The minimum Gasteiger partial charge on any atom is -0.360 e. The second-order valence-electron chi connectivity index (χ2n) is 5.33. The fraction of sp³-hybridized carbons (Fsp3) is 0.375. The van der Waals surface area contributed by atoms with Gasteiger partial charge >= 0.3 is 0 Å². The number of H-pyrrole nitrogens is 1. The summed E-state index contributed by atoms with van der Waals surface area (Å²) in [6.45, 7) is 4.00. The Balaban J connectivity index is 1.73. The van der Waals surface area contributed by atoms with E-state index in [9.17, 15) is 4.79 Å². The number of fused-ring (bicyclic) bond motifs is 1. The van der Waals surface area contributed by atoms with Crippen LogP contribution in [0, 0.1) is 0 Å². The molecule has 1 aliphatic rings. The highest BCUT2D eigenvalue weighted by Gasteiger charge is 2.23. The SMILES string of the molecule is C[C@H](SC(=S)N1CCCC1)C(=O)c1c[nH]c2ccccc12. The maximum Gasteiger partial charge on any atom is 0.178 e. The average molecular weight is 318 g/mol. The van der Waals surface area contributed by atoms with Crippen molar-refractivity contribution in [2.24, 2.45) is 0 Å². The third-order valence-electron chi connectivity index (χ3n) is 3.87. The fourth-order valence-electron chi connectivity index (χ4n) is 2.67. The van der Waals surface area contributed by atoms with Crippen LogP contribution in [-0.4, -0.2) is 38.3 Å². The molecule has 1 aromatic heterocycles. The maximum absolute atomic E-state index is 12.7. The lowest BCUT2D eigenvalue weighted by atomic mass is 10.1. The van der Waals surface area contributed by atoms with E-state index in [2.05, 4.69) is 9.88 Å². The van der Waals surface area contributed by atoms with Crippen molar-refractivity contribution in [3.05, 3.63) is 36.0 Å². The molecule has 110 valence electrons. The van der Waals surface area contributed by atoms with Crippen LogP contribution < -0.4 is 0 Å². The third kappa shape index (κ3) is 2.99. The second-order valence-corrected chi connectivity index (χ2v) is 7.31. The van der Waals surface area contributed by atoms with Crippen molar-refractivity contribution in [2.45, 2.75) is 25.0 Å². The van der Waals surface area contributed by atoms with Gasteiger partial charge in [-0.2, -0.15) is 0 Å². The first-order valence-corrected chi connectivity index (χ1v) is 8.51. The number of nitrogens with zero attached hydrogens (tertiary/aromatic N) is 1. The van der Waals surface area contributed by atoms with Crippen molar-refractivity contribution < 1.29 is 4.79 Å². The molecule has 2 heterocycles. The summed E-state index contributed by atoms with van der Waals surface area (Å²) in [4.78, 5) is 18.0. The van der Waals surface area contributed by atoms with Crippen molar-refractivity contribution in [1.29, 1.82) is 0 Å². The molecule has 0 spiro atoms. The van der Waals surface area contributed by atoms with Gasteiger partial charge in [-0.05, 0) is 25.8 Å². The van der Waals surface area contributed by atoms with Gasteiger partial charge in [0.15, 0.2) is 5.78 Å². The Hall–Kier alpha value is -1.33. The molecule has 0 amide bonds. The van der Waals surface area contributed by atoms with Gasteiger partial charge in [-0.15, -0.1) is 0 Å². The standard InChI is InChI=1S/C16H18N2OS2/c1-11(21-16(20)18-8-4-5-9-18)15(19)13-10-17-14-7-3-2-6-12(13)14/h2-3,6-7,10-11,17H,4-5,8-9H2,1H3/t11-/m0/s1. The van der Waals surface area contributed by atoms with Crippen LogP contribution in [0.4, 0.5) is 0 Å². The second kappa shape index (κ2) is 6.20. The summed E-state index contributed by atoms with van der Waals surface area (Å²) in [5.41, 5.74) is 1.76. The van der Waals surface area contributed by atoms with Gasteiger partial charge in [-0.25, -0.2) is 0 Å². The molecule has 1 aliphatic heterocycles. The first-order valence-electron chi connectivity index (χ1n) is 7.22. The molecule has 1 aromatic carbocycles. The maximum atomic E-state index is 12.7. The molecule has 3 rings (SSSR count). The Kier molecular flexibility index (Phi) is 4.31. The Labute approximate surface area is 134 Å². The topological polar surface area (TPSA) is 36.1 Å². The molecule has 1 fully saturated rings. The zero-order valence-corrected chi connectivity index (χ0v) is 13.6. The van der Waals surface area contributed by atoms with Gasteiger partial charge in [0.2, 0.25) is 0 Å². The number of ketones is 1. The summed E-state index contributed by atoms with van der Waals surface area (Å²) in [6, 6.07) is 7.89. The largest absolute Gasteiger partial charge is 0.360 e. The summed E-state index contributed by atoms with van der Waals surface area (Å²) in [5, 5.41) is 0.833. The van der Waals surface area contributed by atoms with E-state index >= 15 is 0 Å². The third-order valence-corrected chi connectivity index (χ3v) is 5.44. The Bertz CT molecular complexity index is 674. The predicted molar refractivity (Wildman–Crippen MR) is 93.1 cm³/mol. The molecule has 1 N–H and O–H groups in total. The number of carbonyl (C=O) groups is 1. The Morgan fingerprint density at radius 2 is 2.05 bits per heavy atom. The van der Waals surface area contributed by atoms with Crippen LogP contribution in [0.1, 0.15) is 30.1 Å². The lowest BCUT2D eigenvalue weighted by Crippen LogP contribution is -2.26. The number of hydrogen-bond donors (Lipinski definition) is 1. The van der Waals surface area contributed by atoms with Gasteiger partial charge in [0.25, 0.3) is 0 Å². The van der Waals surface area contributed by atoms with Crippen LogP contribution in [0.2, 0.25) is 0 Å². The highest BCUT2D eigenvalue weighted by molar-refractivity contribution is 8.23. The Morgan fingerprint density at radius 1 is 1.33 bits per heavy atom. The first kappa shape index (κ1) is 14.6. The number of hydrogen-bond acceptors (Lipinski definition) is 3. The van der Waals surface area contributed by atoms with Crippen LogP contribution in [-0.2, 0) is 0 Å². The molecular weight excluding hydrogens is 300 g/mol. The van der Waals surface area contributed by atoms with Crippen LogP contribution >= 0.6 is 24.0 Å². The number of thioether (sulfide) groups is 1. The van der Waals surface area contributed by atoms with Crippen LogP contribution in [0.3, 0.4) is 0 Å². The van der Waals surface area contributed by atoms with E-state index in [1.54, 1.807) is 0 Å². The summed E-state index contributed by atoms with van der Waals surface area (Å²) in [5.74, 6) is 0.138. The number of nitrogens with one attached hydrogen (secondary N) is 1. The lowest BCUT2D eigenvalue weighted by molar-refractivity contribution is 0.0996. The molecule has 21 heavy (non-hydrogen) atoms. The summed E-state index contributed by atoms with van der Waals surface area (Å²) in [6.07, 6.45) is 4.21. The van der Waals surface area contributed by atoms with E-state index < -0.39 is 0 Å². The van der Waals surface area contributed by atoms with Gasteiger partial charge in [-0.3, -0.25) is 4.79 Å². The summed E-state index contributed by atoms with van der Waals surface area (Å²) >= 11 is 6.97. The zero-order chi connectivity index (χ0) is 14.8. The van der Waals surface area contributed by atoms with E-state index in [-0.39, 0.29) is 11.0 Å². The molecule has 1 atom stereocenters. The quantitative estimate of drug-likeness (QED) is 0.689. The molecule has 0 radical (unpaired) electrons. The van der Waals surface area contributed by atoms with Gasteiger partial charge in [0.1, 0.15) is 4.32 Å². The van der Waals surface area contributed by atoms with Gasteiger partial charge in [-0.1, -0.05) is 42.2 Å². The minimum absolute atomic E-state index is 0.138. The molecule has 0 bridgehead atoms. The van der Waals surface area contributed by atoms with Crippen molar-refractivity contribution in [2.75, 3.05) is 13.1 Å². The normalized spacial score (nSPS) is 16.3. The van der Waals surface area contributed by atoms with Crippen LogP contribution in [0.15, 0.2) is 30.5 Å². The molecule has 0 aliphatic carbocycles. The first-order chi connectivity index (χ1) is 10.2. The smallest absolute Gasteiger partial charge is 0.178 e. The van der Waals surface area contributed by atoms with Gasteiger partial charge in [0, 0.05) is 35.8 Å². The lowest BCUT2D eigenvalue weighted by Gasteiger charge is -2.20. The highest BCUT2D eigenvalue weighted by atomic mass is 32.2. The van der Waals surface area contributed by atoms with Gasteiger partial charge < -0.3 is 9.88 Å². The number of para-hydroxylation sites is 1. The highest BCUT2D eigenvalue weighted by Crippen LogP contribution is 2.26. The minimum atomic E-state index is -0.155. The van der Waals surface area contributed by atoms with E-state index in [1.807, 2.05) is 37.4 Å². The van der Waals surface area contributed by atoms with Crippen molar-refractivity contribution in [3.8, 4) is 0 Å². The molecule has 3 nitrogen and oxygen atoms in total. The summed E-state index contributed by atoms with van der Waals surface area (Å²) < 4.78 is 0.855. The van der Waals surface area contributed by atoms with E-state index in [0.29, 0.717) is 0 Å². The molecule has 5 heteroatoms. The zero-order valence-electron chi connectivity index (χ0n) is 12.0. The van der Waals surface area contributed by atoms with E-state index in [1.165, 1.54) is 24.6 Å². The number of benzene rings is 1. The van der Waals surface area contributed by atoms with Crippen LogP contribution in [0.25, 0.3) is 10.9 Å². The van der Waals surface area contributed by atoms with Crippen molar-refractivity contribution >= 4 is 45.0 Å². The number of carbonyl (C=O) groups excluding carboxylic acids is 1. The van der Waals surface area contributed by atoms with Gasteiger partial charge in [0.05, 0.1) is 5.25 Å². The monoisotopic (exact) mass is 318 g/mol. The fourth-order valence-corrected chi connectivity index (χ4v) is 4.16. The predicted octanol–water partition coefficient (Wildman–Crippen LogP) is 3.85. The molecule has 0 unspecified atom stereocenters. The van der Waals surface area contributed by atoms with E-state index in [4.69, 9.17) is 12.2 Å². The molecular formula is C16H18N2OS2. The average Bonchev–Trinajstić information content (AvgIpc) is 3.15. The number of Topliss-reactive ketones (excluding diaryl/α,β-unsaturated/α-hetero) is 1. The number of rotatable bonds is 3. The molecule has 2 aromatic rings. The number of aromatic amines is 1. The summed E-state index contributed by atoms with van der Waals surface area (Å²) in [7, 11) is 0. The van der Waals surface area contributed by atoms with Crippen LogP contribution in [0.5, 0.6) is 0 Å². The van der Waals surface area contributed by atoms with Crippen molar-refractivity contribution in [1.82, 2.24) is 9.88 Å². The molecule has 0 saturated carbocycles. The molecule has 1 saturated heterocycles. The Morgan fingerprint density at radius 3 is 2.81 bits per heavy atom. The number of aromatic nitrogens is 1.